The first-order valence-electron chi connectivity index (χ1n) is 7.93. The van der Waals surface area contributed by atoms with Crippen LogP contribution in [-0.2, 0) is 4.79 Å². The number of fused-ring (bicyclic) bond motifs is 2. The van der Waals surface area contributed by atoms with Crippen LogP contribution in [0.15, 0.2) is 0 Å². The Kier molecular flexibility index (Phi) is 3.81. The minimum Gasteiger partial charge on any atom is -0.344 e. The van der Waals surface area contributed by atoms with Gasteiger partial charge in [-0.3, -0.25) is 9.69 Å². The van der Waals surface area contributed by atoms with Gasteiger partial charge < -0.3 is 10.2 Å². The number of carbonyl (C=O) groups is 1. The second kappa shape index (κ2) is 5.41. The van der Waals surface area contributed by atoms with E-state index in [0.717, 1.165) is 44.1 Å². The Morgan fingerprint density at radius 1 is 1.16 bits per heavy atom. The van der Waals surface area contributed by atoms with Gasteiger partial charge in [0.05, 0.1) is 0 Å². The van der Waals surface area contributed by atoms with Crippen LogP contribution in [0.4, 0.5) is 0 Å². The van der Waals surface area contributed by atoms with E-state index < -0.39 is 0 Å². The molecule has 0 aromatic carbocycles. The zero-order chi connectivity index (χ0) is 13.4. The molecule has 3 fully saturated rings. The summed E-state index contributed by atoms with van der Waals surface area (Å²) in [4.78, 5) is 16.3. The normalized spacial score (nSPS) is 39.9. The molecule has 4 nitrogen and oxygen atoms in total. The lowest BCUT2D eigenvalue weighted by Gasteiger charge is -2.46. The molecule has 108 valence electrons. The van der Waals surface area contributed by atoms with E-state index in [1.165, 1.54) is 25.7 Å². The highest BCUT2D eigenvalue weighted by molar-refractivity contribution is 5.76. The Morgan fingerprint density at radius 2 is 1.84 bits per heavy atom. The molecule has 4 heteroatoms. The van der Waals surface area contributed by atoms with Crippen molar-refractivity contribution < 1.29 is 4.79 Å². The van der Waals surface area contributed by atoms with Gasteiger partial charge in [-0.1, -0.05) is 6.92 Å². The summed E-state index contributed by atoms with van der Waals surface area (Å²) in [5.41, 5.74) is 0. The lowest BCUT2D eigenvalue weighted by Crippen LogP contribution is -2.57. The van der Waals surface area contributed by atoms with Crippen LogP contribution in [0.1, 0.15) is 45.4 Å². The fourth-order valence-corrected chi connectivity index (χ4v) is 4.50. The van der Waals surface area contributed by atoms with Gasteiger partial charge in [-0.15, -0.1) is 0 Å². The van der Waals surface area contributed by atoms with E-state index in [0.29, 0.717) is 11.9 Å². The molecular formula is C15H27N3O. The van der Waals surface area contributed by atoms with E-state index in [1.54, 1.807) is 0 Å². The van der Waals surface area contributed by atoms with E-state index >= 15 is 0 Å². The van der Waals surface area contributed by atoms with Crippen LogP contribution in [0.3, 0.4) is 0 Å². The van der Waals surface area contributed by atoms with Crippen LogP contribution in [0, 0.1) is 0 Å². The van der Waals surface area contributed by atoms with Gasteiger partial charge in [0.15, 0.2) is 0 Å². The van der Waals surface area contributed by atoms with Crippen molar-refractivity contribution in [3.63, 3.8) is 0 Å². The molecule has 3 heterocycles. The number of hydrogen-bond acceptors (Lipinski definition) is 3. The molecule has 3 aliphatic heterocycles. The maximum atomic E-state index is 11.6. The van der Waals surface area contributed by atoms with E-state index in [-0.39, 0.29) is 0 Å². The molecule has 0 aliphatic carbocycles. The second-order valence-corrected chi connectivity index (χ2v) is 6.52. The Bertz CT molecular complexity index is 332. The maximum absolute atomic E-state index is 11.6. The van der Waals surface area contributed by atoms with E-state index in [2.05, 4.69) is 17.1 Å². The van der Waals surface area contributed by atoms with Crippen molar-refractivity contribution in [3.05, 3.63) is 0 Å². The van der Waals surface area contributed by atoms with Crippen molar-refractivity contribution >= 4 is 5.91 Å². The SMILES string of the molecule is CCNC1CC2CCC(C1)N2C1CCC(=O)N(C)C1. The summed E-state index contributed by atoms with van der Waals surface area (Å²) in [5.74, 6) is 0.325. The van der Waals surface area contributed by atoms with Gasteiger partial charge in [0.1, 0.15) is 0 Å². The number of hydrogen-bond donors (Lipinski definition) is 1. The molecule has 3 rings (SSSR count). The molecule has 0 radical (unpaired) electrons. The first kappa shape index (κ1) is 13.4. The third-order valence-corrected chi connectivity index (χ3v) is 5.31. The summed E-state index contributed by atoms with van der Waals surface area (Å²) in [6, 6.07) is 2.85. The zero-order valence-electron chi connectivity index (χ0n) is 12.3. The molecule has 1 amide bonds. The number of nitrogens with one attached hydrogen (secondary N) is 1. The Morgan fingerprint density at radius 3 is 2.42 bits per heavy atom. The third kappa shape index (κ3) is 2.52. The lowest BCUT2D eigenvalue weighted by atomic mass is 9.92. The van der Waals surface area contributed by atoms with E-state index in [4.69, 9.17) is 0 Å². The molecule has 3 atom stereocenters. The average Bonchev–Trinajstić information content (AvgIpc) is 2.65. The predicted octanol–water partition coefficient (Wildman–Crippen LogP) is 1.21. The third-order valence-electron chi connectivity index (χ3n) is 5.31. The molecular weight excluding hydrogens is 238 g/mol. The van der Waals surface area contributed by atoms with Crippen LogP contribution in [-0.4, -0.2) is 60.0 Å². The Labute approximate surface area is 116 Å². The molecule has 1 N–H and O–H groups in total. The largest absolute Gasteiger partial charge is 0.344 e. The highest BCUT2D eigenvalue weighted by Crippen LogP contribution is 2.38. The minimum atomic E-state index is 0.325. The van der Waals surface area contributed by atoms with Gasteiger partial charge in [0.25, 0.3) is 0 Å². The summed E-state index contributed by atoms with van der Waals surface area (Å²) in [7, 11) is 1.96. The standard InChI is InChI=1S/C15H27N3O/c1-3-16-11-8-12-4-5-13(9-11)18(12)14-6-7-15(19)17(2)10-14/h11-14,16H,3-10H2,1-2H3. The molecule has 2 bridgehead atoms. The van der Waals surface area contributed by atoms with Gasteiger partial charge >= 0.3 is 0 Å². The topological polar surface area (TPSA) is 35.6 Å². The lowest BCUT2D eigenvalue weighted by molar-refractivity contribution is -0.134. The number of amides is 1. The summed E-state index contributed by atoms with van der Waals surface area (Å²) < 4.78 is 0. The Balaban J connectivity index is 1.65. The first-order chi connectivity index (χ1) is 9.19. The molecule has 0 aromatic rings. The van der Waals surface area contributed by atoms with Gasteiger partial charge in [-0.25, -0.2) is 0 Å². The van der Waals surface area contributed by atoms with Crippen molar-refractivity contribution in [2.24, 2.45) is 0 Å². The summed E-state index contributed by atoms with van der Waals surface area (Å²) >= 11 is 0. The van der Waals surface area contributed by atoms with Crippen LogP contribution >= 0.6 is 0 Å². The van der Waals surface area contributed by atoms with Crippen LogP contribution in [0.25, 0.3) is 0 Å². The maximum Gasteiger partial charge on any atom is 0.222 e. The number of likely N-dealkylation sites (tertiary alicyclic amines) is 1. The quantitative estimate of drug-likeness (QED) is 0.833. The van der Waals surface area contributed by atoms with Crippen LogP contribution in [0.5, 0.6) is 0 Å². The molecule has 3 saturated heterocycles. The predicted molar refractivity (Wildman–Crippen MR) is 76.0 cm³/mol. The fourth-order valence-electron chi connectivity index (χ4n) is 4.50. The molecule has 0 aromatic heterocycles. The van der Waals surface area contributed by atoms with Gasteiger partial charge in [-0.05, 0) is 38.6 Å². The van der Waals surface area contributed by atoms with Crippen molar-refractivity contribution in [2.45, 2.75) is 69.6 Å². The number of nitrogens with zero attached hydrogens (tertiary/aromatic N) is 2. The number of rotatable bonds is 3. The minimum absolute atomic E-state index is 0.325. The molecule has 3 aliphatic rings. The van der Waals surface area contributed by atoms with Crippen molar-refractivity contribution in [1.82, 2.24) is 15.1 Å². The van der Waals surface area contributed by atoms with Crippen LogP contribution in [0.2, 0.25) is 0 Å². The fraction of sp³-hybridized carbons (Fsp3) is 0.933. The highest BCUT2D eigenvalue weighted by Gasteiger charge is 2.44. The summed E-state index contributed by atoms with van der Waals surface area (Å²) in [6.07, 6.45) is 7.15. The van der Waals surface area contributed by atoms with Crippen LogP contribution < -0.4 is 5.32 Å². The highest BCUT2D eigenvalue weighted by atomic mass is 16.2. The van der Waals surface area contributed by atoms with Crippen molar-refractivity contribution in [2.75, 3.05) is 20.1 Å². The molecule has 0 spiro atoms. The average molecular weight is 265 g/mol. The van der Waals surface area contributed by atoms with E-state index in [9.17, 15) is 4.79 Å². The van der Waals surface area contributed by atoms with Crippen molar-refractivity contribution in [3.8, 4) is 0 Å². The molecule has 19 heavy (non-hydrogen) atoms. The monoisotopic (exact) mass is 265 g/mol. The number of carbonyl (C=O) groups excluding carboxylic acids is 1. The number of piperidine rings is 2. The Hall–Kier alpha value is -0.610. The van der Waals surface area contributed by atoms with Gasteiger partial charge in [-0.2, -0.15) is 0 Å². The molecule has 3 unspecified atom stereocenters. The molecule has 0 saturated carbocycles. The van der Waals surface area contributed by atoms with Gasteiger partial charge in [0, 0.05) is 44.2 Å². The summed E-state index contributed by atoms with van der Waals surface area (Å²) in [6.45, 7) is 4.23. The second-order valence-electron chi connectivity index (χ2n) is 6.52. The first-order valence-corrected chi connectivity index (χ1v) is 7.93. The number of likely N-dealkylation sites (N-methyl/N-ethyl adjacent to an activating group) is 1. The smallest absolute Gasteiger partial charge is 0.222 e. The zero-order valence-corrected chi connectivity index (χ0v) is 12.3. The summed E-state index contributed by atoms with van der Waals surface area (Å²) in [5, 5.41) is 3.63. The van der Waals surface area contributed by atoms with E-state index in [1.807, 2.05) is 11.9 Å². The van der Waals surface area contributed by atoms with Gasteiger partial charge in [0.2, 0.25) is 5.91 Å². The van der Waals surface area contributed by atoms with Crippen molar-refractivity contribution in [1.29, 1.82) is 0 Å².